The molecule has 0 radical (unpaired) electrons. The summed E-state index contributed by atoms with van der Waals surface area (Å²) in [7, 11) is -1.93. The van der Waals surface area contributed by atoms with E-state index in [1.807, 2.05) is 39.1 Å². The highest BCUT2D eigenvalue weighted by molar-refractivity contribution is 7.90. The maximum atomic E-state index is 14.9. The van der Waals surface area contributed by atoms with Gasteiger partial charge >= 0.3 is 5.97 Å². The van der Waals surface area contributed by atoms with E-state index in [9.17, 15) is 32.7 Å². The average Bonchev–Trinajstić information content (AvgIpc) is 4.06. The number of carbonyl (C=O) groups is 4. The summed E-state index contributed by atoms with van der Waals surface area (Å²) < 4.78 is 42.0. The van der Waals surface area contributed by atoms with Crippen molar-refractivity contribution in [2.75, 3.05) is 46.4 Å². The lowest BCUT2D eigenvalue weighted by molar-refractivity contribution is -0.155. The van der Waals surface area contributed by atoms with E-state index in [0.29, 0.717) is 49.9 Å². The highest BCUT2D eigenvalue weighted by Crippen LogP contribution is 2.42. The molecule has 3 saturated heterocycles. The summed E-state index contributed by atoms with van der Waals surface area (Å²) >= 11 is 0. The lowest BCUT2D eigenvalue weighted by Crippen LogP contribution is -2.63. The molecule has 70 heavy (non-hydrogen) atoms. The lowest BCUT2D eigenvalue weighted by Gasteiger charge is -2.39. The van der Waals surface area contributed by atoms with Crippen LogP contribution in [0.1, 0.15) is 104 Å². The summed E-state index contributed by atoms with van der Waals surface area (Å²) in [6.45, 7) is 17.3. The van der Waals surface area contributed by atoms with Crippen LogP contribution in [0.2, 0.25) is 0 Å². The van der Waals surface area contributed by atoms with Gasteiger partial charge in [-0.1, -0.05) is 39.8 Å². The molecule has 1 aromatic heterocycles. The van der Waals surface area contributed by atoms with Gasteiger partial charge in [0.2, 0.25) is 21.8 Å². The number of nitrogens with zero attached hydrogens (tertiary/aromatic N) is 5. The summed E-state index contributed by atoms with van der Waals surface area (Å²) in [6, 6.07) is 8.45. The molecule has 6 bridgehead atoms. The number of hydrogen-bond donors (Lipinski definition) is 4. The summed E-state index contributed by atoms with van der Waals surface area (Å²) in [6.07, 6.45) is 5.03. The number of aliphatic imine (C=N–C) groups is 1. The highest BCUT2D eigenvalue weighted by Gasteiger charge is 2.51. The van der Waals surface area contributed by atoms with Gasteiger partial charge in [0.05, 0.1) is 29.5 Å². The Kier molecular flexibility index (Phi) is 14.8. The van der Waals surface area contributed by atoms with Crippen molar-refractivity contribution < 1.29 is 42.2 Å². The van der Waals surface area contributed by atoms with Gasteiger partial charge in [0, 0.05) is 80.9 Å². The molecule has 5 aliphatic heterocycles. The number of hydrogen-bond acceptors (Lipinski definition) is 12. The number of carbonyl (C=O) groups excluding carboxylic acids is 4. The van der Waals surface area contributed by atoms with Gasteiger partial charge in [-0.3, -0.25) is 34.5 Å². The molecule has 4 N–H and O–H groups in total. The Balaban J connectivity index is 1.19. The van der Waals surface area contributed by atoms with Gasteiger partial charge in [0.15, 0.2) is 0 Å². The summed E-state index contributed by atoms with van der Waals surface area (Å²) in [4.78, 5) is 64.7. The van der Waals surface area contributed by atoms with Crippen LogP contribution < -0.4 is 16.1 Å². The molecule has 0 unspecified atom stereocenters. The quantitative estimate of drug-likeness (QED) is 0.138. The Morgan fingerprint density at radius 2 is 1.83 bits per heavy atom. The largest absolute Gasteiger partial charge is 0.508 e. The van der Waals surface area contributed by atoms with Crippen molar-refractivity contribution in [3.63, 3.8) is 0 Å². The lowest BCUT2D eigenvalue weighted by atomic mass is 9.83. The molecule has 8 rings (SSSR count). The minimum atomic E-state index is -3.62. The third-order valence-corrected chi connectivity index (χ3v) is 16.9. The van der Waals surface area contributed by atoms with Crippen LogP contribution in [0.5, 0.6) is 5.75 Å². The summed E-state index contributed by atoms with van der Waals surface area (Å²) in [5, 5.41) is 19.1. The summed E-state index contributed by atoms with van der Waals surface area (Å²) in [5.74, 6) is -2.28. The zero-order valence-corrected chi connectivity index (χ0v) is 43.1. The number of amides is 3. The average molecular weight is 985 g/mol. The van der Waals surface area contributed by atoms with Crippen LogP contribution >= 0.6 is 0 Å². The number of likely N-dealkylation sites (N-methyl/N-ethyl adjacent to an activating group) is 1. The number of phenols is 1. The van der Waals surface area contributed by atoms with E-state index in [0.717, 1.165) is 51.8 Å². The van der Waals surface area contributed by atoms with Gasteiger partial charge in [-0.05, 0) is 119 Å². The molecule has 6 atom stereocenters. The van der Waals surface area contributed by atoms with Crippen molar-refractivity contribution in [3.8, 4) is 16.9 Å². The number of esters is 1. The predicted octanol–water partition coefficient (Wildman–Crippen LogP) is 5.14. The molecule has 3 aromatic rings. The van der Waals surface area contributed by atoms with Crippen molar-refractivity contribution in [2.45, 2.75) is 136 Å². The van der Waals surface area contributed by atoms with Crippen LogP contribution in [-0.2, 0) is 58.1 Å². The Labute approximate surface area is 412 Å². The van der Waals surface area contributed by atoms with Crippen molar-refractivity contribution in [2.24, 2.45) is 21.7 Å². The maximum absolute atomic E-state index is 14.9. The van der Waals surface area contributed by atoms with E-state index in [1.165, 1.54) is 14.2 Å². The number of aromatic nitrogens is 1. The molecular formula is C52H72N8O9S. The number of ether oxygens (including phenoxy) is 2. The second-order valence-electron chi connectivity index (χ2n) is 21.2. The van der Waals surface area contributed by atoms with E-state index >= 15 is 0 Å². The Hall–Kier alpha value is -5.14. The molecule has 18 heteroatoms. The van der Waals surface area contributed by atoms with Crippen LogP contribution in [0.4, 0.5) is 0 Å². The fourth-order valence-corrected chi connectivity index (χ4v) is 12.6. The number of aromatic hydroxyl groups is 1. The molecule has 380 valence electrons. The van der Waals surface area contributed by atoms with E-state index in [2.05, 4.69) is 53.5 Å². The minimum Gasteiger partial charge on any atom is -0.508 e. The minimum absolute atomic E-state index is 0.000444. The third kappa shape index (κ3) is 10.2. The molecule has 0 spiro atoms. The van der Waals surface area contributed by atoms with Crippen LogP contribution in [-0.4, -0.2) is 138 Å². The SMILES string of the molecule is CCN(C(=O)[C@]1(C)CCN(S(=O)(=O)[C@@H]2CN2)C1)[C@H](C(=O)N[C@H]1Cc2cc(O)cc(c2)-c2ccc3c(c2)c(c(C2=C([C@H](C)OC)N=CCC2)n3CC)CC(C)(C)COC(=O)[C@@H]2CCCN(N2)C1=O)C(C)C. The Morgan fingerprint density at radius 1 is 1.07 bits per heavy atom. The number of cyclic esters (lactones) is 1. The van der Waals surface area contributed by atoms with Gasteiger partial charge in [-0.25, -0.2) is 13.8 Å². The Morgan fingerprint density at radius 3 is 2.51 bits per heavy atom. The first-order valence-corrected chi connectivity index (χ1v) is 26.6. The van der Waals surface area contributed by atoms with E-state index < -0.39 is 68.1 Å². The number of rotatable bonds is 12. The van der Waals surface area contributed by atoms with Crippen molar-refractivity contribution in [1.29, 1.82) is 0 Å². The monoisotopic (exact) mass is 985 g/mol. The number of benzene rings is 2. The standard InChI is InChI=1S/C52H72N8O9S/c1-10-58-42-17-16-34-26-38(42)39(46(58)37-14-12-19-53-44(37)32(5)68-9)27-51(6,7)30-69-49(64)40-15-13-20-60(56-40)48(63)41(24-33-22-35(34)25-36(61)23-33)55-47(62)45(31(3)4)59(11-2)50(65)52(8)18-21-57(29-52)70(66,67)43-28-54-43/h16-17,19,22-23,25-26,31-32,40-41,43,45,54,56,61H,10-15,18,20-21,24,27-30H2,1-9H3,(H,55,62)/t32-,40-,41-,43+,45-,52+/m0/s1. The van der Waals surface area contributed by atoms with Crippen LogP contribution in [0, 0.1) is 16.7 Å². The van der Waals surface area contributed by atoms with Crippen LogP contribution in [0.15, 0.2) is 47.1 Å². The van der Waals surface area contributed by atoms with Crippen molar-refractivity contribution >= 4 is 56.4 Å². The van der Waals surface area contributed by atoms with Gasteiger partial charge in [-0.15, -0.1) is 0 Å². The second-order valence-corrected chi connectivity index (χ2v) is 23.3. The number of aryl methyl sites for hydroxylation is 1. The zero-order valence-electron chi connectivity index (χ0n) is 42.3. The maximum Gasteiger partial charge on any atom is 0.324 e. The topological polar surface area (TPSA) is 214 Å². The normalized spacial score (nSPS) is 25.2. The first kappa shape index (κ1) is 51.2. The third-order valence-electron chi connectivity index (χ3n) is 14.8. The molecule has 6 heterocycles. The van der Waals surface area contributed by atoms with Gasteiger partial charge in [0.1, 0.15) is 29.2 Å². The summed E-state index contributed by atoms with van der Waals surface area (Å²) in [5.41, 5.74) is 8.87. The Bertz CT molecular complexity index is 2710. The van der Waals surface area contributed by atoms with Crippen molar-refractivity contribution in [1.82, 2.24) is 34.8 Å². The molecule has 3 fully saturated rings. The van der Waals surface area contributed by atoms with Crippen molar-refractivity contribution in [3.05, 3.63) is 58.9 Å². The number of fused-ring (bicyclic) bond motifs is 6. The molecule has 0 aliphatic carbocycles. The predicted molar refractivity (Wildman–Crippen MR) is 269 cm³/mol. The first-order chi connectivity index (χ1) is 33.2. The number of nitrogens with one attached hydrogen (secondary N) is 3. The highest BCUT2D eigenvalue weighted by atomic mass is 32.2. The number of methoxy groups -OCH3 is 1. The zero-order chi connectivity index (χ0) is 50.4. The van der Waals surface area contributed by atoms with E-state index in [1.54, 1.807) is 33.1 Å². The molecule has 5 aliphatic rings. The van der Waals surface area contributed by atoms with E-state index in [4.69, 9.17) is 14.5 Å². The first-order valence-electron chi connectivity index (χ1n) is 25.0. The molecule has 2 aromatic carbocycles. The molecule has 17 nitrogen and oxygen atoms in total. The molecule has 0 saturated carbocycles. The number of hydrazine groups is 1. The van der Waals surface area contributed by atoms with Crippen LogP contribution in [0.25, 0.3) is 27.6 Å². The van der Waals surface area contributed by atoms with Gasteiger partial charge < -0.3 is 29.4 Å². The number of allylic oxidation sites excluding steroid dienone is 1. The second kappa shape index (κ2) is 20.2. The van der Waals surface area contributed by atoms with E-state index in [-0.39, 0.29) is 57.0 Å². The molecular weight excluding hydrogens is 913 g/mol. The smallest absolute Gasteiger partial charge is 0.324 e. The molecule has 3 amide bonds. The number of sulfonamides is 1. The van der Waals surface area contributed by atoms with Gasteiger partial charge in [-0.2, -0.15) is 4.31 Å². The fraction of sp³-hybridized carbons (Fsp3) is 0.596. The van der Waals surface area contributed by atoms with Crippen LogP contribution in [0.3, 0.4) is 0 Å². The van der Waals surface area contributed by atoms with Gasteiger partial charge in [0.25, 0.3) is 5.91 Å². The number of phenolic OH excluding ortho intramolecular Hbond substituents is 1. The fourth-order valence-electron chi connectivity index (χ4n) is 11.0.